The third-order valence-electron chi connectivity index (χ3n) is 4.60. The van der Waals surface area contributed by atoms with Crippen molar-refractivity contribution in [2.24, 2.45) is 10.9 Å². The fraction of sp³-hybridized carbons (Fsp3) is 0.611. The van der Waals surface area contributed by atoms with E-state index in [4.69, 9.17) is 0 Å². The van der Waals surface area contributed by atoms with Gasteiger partial charge in [0.05, 0.1) is 0 Å². The Hall–Kier alpha value is -0.890. The molecule has 0 atom stereocenters. The highest BCUT2D eigenvalue weighted by molar-refractivity contribution is 14.0. The summed E-state index contributed by atoms with van der Waals surface area (Å²) in [6.45, 7) is 5.69. The summed E-state index contributed by atoms with van der Waals surface area (Å²) in [5.41, 5.74) is 1.60. The minimum absolute atomic E-state index is 0. The highest BCUT2D eigenvalue weighted by Crippen LogP contribution is 2.18. The Balaban J connectivity index is 0.00000288. The number of nitrogens with one attached hydrogen (secondary N) is 2. The van der Waals surface area contributed by atoms with Crippen LogP contribution in [0.1, 0.15) is 30.4 Å². The molecule has 0 aliphatic carbocycles. The summed E-state index contributed by atoms with van der Waals surface area (Å²) >= 11 is 0. The molecule has 24 heavy (non-hydrogen) atoms. The molecule has 1 heterocycles. The number of hydrogen-bond acceptors (Lipinski definition) is 2. The van der Waals surface area contributed by atoms with Gasteiger partial charge in [-0.15, -0.1) is 24.0 Å². The Kier molecular flexibility index (Phi) is 9.58. The number of nitrogens with zero attached hydrogens (tertiary/aromatic N) is 2. The van der Waals surface area contributed by atoms with E-state index < -0.39 is 0 Å². The molecular weight excluding hydrogens is 418 g/mol. The zero-order valence-electron chi connectivity index (χ0n) is 14.9. The fourth-order valence-corrected chi connectivity index (χ4v) is 2.90. The van der Waals surface area contributed by atoms with Crippen LogP contribution in [-0.4, -0.2) is 44.6 Å². The average Bonchev–Trinajstić information content (AvgIpc) is 2.55. The first-order valence-corrected chi connectivity index (χ1v) is 8.46. The zero-order valence-corrected chi connectivity index (χ0v) is 17.3. The van der Waals surface area contributed by atoms with Gasteiger partial charge in [0.25, 0.3) is 0 Å². The maximum atomic E-state index is 13.5. The SMILES string of the molecule is CN=C(NCCC1CCN(C)CC1)NCc1ccc(C)c(F)c1.I. The molecule has 136 valence electrons. The minimum atomic E-state index is -0.158. The lowest BCUT2D eigenvalue weighted by molar-refractivity contribution is 0.213. The van der Waals surface area contributed by atoms with Crippen LogP contribution in [0.15, 0.2) is 23.2 Å². The first kappa shape index (κ1) is 21.2. The van der Waals surface area contributed by atoms with Crippen molar-refractivity contribution in [2.45, 2.75) is 32.7 Å². The molecule has 1 aliphatic rings. The molecule has 0 amide bonds. The quantitative estimate of drug-likeness (QED) is 0.413. The molecule has 0 saturated carbocycles. The van der Waals surface area contributed by atoms with Gasteiger partial charge in [0.15, 0.2) is 5.96 Å². The van der Waals surface area contributed by atoms with Crippen molar-refractivity contribution in [1.29, 1.82) is 0 Å². The lowest BCUT2D eigenvalue weighted by Crippen LogP contribution is -2.38. The molecule has 4 nitrogen and oxygen atoms in total. The number of likely N-dealkylation sites (tertiary alicyclic amines) is 1. The molecule has 2 rings (SSSR count). The van der Waals surface area contributed by atoms with Crippen LogP contribution in [0.2, 0.25) is 0 Å². The van der Waals surface area contributed by atoms with Crippen molar-refractivity contribution >= 4 is 29.9 Å². The van der Waals surface area contributed by atoms with E-state index in [2.05, 4.69) is 27.6 Å². The summed E-state index contributed by atoms with van der Waals surface area (Å²) < 4.78 is 13.5. The van der Waals surface area contributed by atoms with Crippen LogP contribution >= 0.6 is 24.0 Å². The van der Waals surface area contributed by atoms with Crippen LogP contribution in [0.3, 0.4) is 0 Å². The lowest BCUT2D eigenvalue weighted by Gasteiger charge is -2.29. The van der Waals surface area contributed by atoms with E-state index in [-0.39, 0.29) is 29.8 Å². The second-order valence-corrected chi connectivity index (χ2v) is 6.47. The summed E-state index contributed by atoms with van der Waals surface area (Å²) in [5.74, 6) is 1.43. The zero-order chi connectivity index (χ0) is 16.7. The van der Waals surface area contributed by atoms with E-state index >= 15 is 0 Å². The van der Waals surface area contributed by atoms with Gasteiger partial charge in [0.2, 0.25) is 0 Å². The molecule has 1 saturated heterocycles. The maximum absolute atomic E-state index is 13.5. The monoisotopic (exact) mass is 448 g/mol. The topological polar surface area (TPSA) is 39.7 Å². The van der Waals surface area contributed by atoms with Crippen molar-refractivity contribution in [3.8, 4) is 0 Å². The van der Waals surface area contributed by atoms with Gasteiger partial charge in [0, 0.05) is 20.1 Å². The lowest BCUT2D eigenvalue weighted by atomic mass is 9.94. The number of rotatable bonds is 5. The Morgan fingerprint density at radius 1 is 1.29 bits per heavy atom. The van der Waals surface area contributed by atoms with Gasteiger partial charge in [-0.2, -0.15) is 0 Å². The largest absolute Gasteiger partial charge is 0.356 e. The molecule has 1 aliphatic heterocycles. The van der Waals surface area contributed by atoms with E-state index in [0.29, 0.717) is 12.1 Å². The molecule has 0 radical (unpaired) electrons. The van der Waals surface area contributed by atoms with Crippen LogP contribution in [-0.2, 0) is 6.54 Å². The van der Waals surface area contributed by atoms with Crippen molar-refractivity contribution in [2.75, 3.05) is 33.7 Å². The molecule has 0 unspecified atom stereocenters. The summed E-state index contributed by atoms with van der Waals surface area (Å²) in [6, 6.07) is 5.33. The summed E-state index contributed by atoms with van der Waals surface area (Å²) in [6.07, 6.45) is 3.74. The van der Waals surface area contributed by atoms with Gasteiger partial charge in [-0.1, -0.05) is 12.1 Å². The van der Waals surface area contributed by atoms with Gasteiger partial charge in [-0.05, 0) is 69.4 Å². The van der Waals surface area contributed by atoms with Crippen molar-refractivity contribution in [3.05, 3.63) is 35.1 Å². The molecule has 0 bridgehead atoms. The van der Waals surface area contributed by atoms with Crippen LogP contribution in [0.5, 0.6) is 0 Å². The highest BCUT2D eigenvalue weighted by atomic mass is 127. The third-order valence-corrected chi connectivity index (χ3v) is 4.60. The van der Waals surface area contributed by atoms with Crippen molar-refractivity contribution in [3.63, 3.8) is 0 Å². The number of hydrogen-bond donors (Lipinski definition) is 2. The number of benzene rings is 1. The maximum Gasteiger partial charge on any atom is 0.191 e. The fourth-order valence-electron chi connectivity index (χ4n) is 2.90. The van der Waals surface area contributed by atoms with Gasteiger partial charge >= 0.3 is 0 Å². The number of aryl methyl sites for hydroxylation is 1. The Morgan fingerprint density at radius 3 is 2.62 bits per heavy atom. The van der Waals surface area contributed by atoms with Gasteiger partial charge in [-0.25, -0.2) is 4.39 Å². The number of halogens is 2. The molecule has 1 fully saturated rings. The molecule has 6 heteroatoms. The highest BCUT2D eigenvalue weighted by Gasteiger charge is 2.16. The molecule has 0 spiro atoms. The third kappa shape index (κ3) is 6.93. The number of aliphatic imine (C=N–C) groups is 1. The normalized spacial score (nSPS) is 16.6. The van der Waals surface area contributed by atoms with E-state index in [9.17, 15) is 4.39 Å². The van der Waals surface area contributed by atoms with Gasteiger partial charge in [-0.3, -0.25) is 4.99 Å². The first-order valence-electron chi connectivity index (χ1n) is 8.46. The summed E-state index contributed by atoms with van der Waals surface area (Å²) in [7, 11) is 3.95. The van der Waals surface area contributed by atoms with Gasteiger partial charge in [0.1, 0.15) is 5.82 Å². The molecule has 2 N–H and O–H groups in total. The predicted molar refractivity (Wildman–Crippen MR) is 110 cm³/mol. The van der Waals surface area contributed by atoms with E-state index in [1.54, 1.807) is 20.0 Å². The predicted octanol–water partition coefficient (Wildman–Crippen LogP) is 3.15. The van der Waals surface area contributed by atoms with Crippen LogP contribution < -0.4 is 10.6 Å². The smallest absolute Gasteiger partial charge is 0.191 e. The second kappa shape index (κ2) is 10.9. The van der Waals surface area contributed by atoms with Crippen LogP contribution in [0, 0.1) is 18.7 Å². The summed E-state index contributed by atoms with van der Waals surface area (Å²) in [4.78, 5) is 6.62. The molecule has 1 aromatic rings. The van der Waals surface area contributed by atoms with Crippen molar-refractivity contribution < 1.29 is 4.39 Å². The molecule has 1 aromatic carbocycles. The van der Waals surface area contributed by atoms with E-state index in [1.807, 2.05) is 12.1 Å². The van der Waals surface area contributed by atoms with Crippen LogP contribution in [0.4, 0.5) is 4.39 Å². The first-order chi connectivity index (χ1) is 11.1. The number of guanidine groups is 1. The van der Waals surface area contributed by atoms with Crippen molar-refractivity contribution in [1.82, 2.24) is 15.5 Å². The van der Waals surface area contributed by atoms with Gasteiger partial charge < -0.3 is 15.5 Å². The average molecular weight is 448 g/mol. The number of piperidine rings is 1. The van der Waals surface area contributed by atoms with Crippen LogP contribution in [0.25, 0.3) is 0 Å². The van der Waals surface area contributed by atoms with E-state index in [0.717, 1.165) is 24.0 Å². The Labute approximate surface area is 162 Å². The molecular formula is C18H30FIN4. The van der Waals surface area contributed by atoms with E-state index in [1.165, 1.54) is 32.4 Å². The second-order valence-electron chi connectivity index (χ2n) is 6.47. The Bertz CT molecular complexity index is 528. The Morgan fingerprint density at radius 2 is 2.00 bits per heavy atom. The summed E-state index contributed by atoms with van der Waals surface area (Å²) in [5, 5.41) is 6.60. The standard InChI is InChI=1S/C18H29FN4.HI/c1-14-4-5-16(12-17(14)19)13-22-18(20-2)21-9-6-15-7-10-23(3)11-8-15;/h4-5,12,15H,6-11,13H2,1-3H3,(H2,20,21,22);1H. The molecule has 0 aromatic heterocycles. The minimum Gasteiger partial charge on any atom is -0.356 e.